The Morgan fingerprint density at radius 1 is 0.882 bits per heavy atom. The smallest absolute Gasteiger partial charge is 0.328 e. The first-order chi connectivity index (χ1) is 15.8. The zero-order valence-electron chi connectivity index (χ0n) is 18.7. The molecule has 0 fully saturated rings. The van der Waals surface area contributed by atoms with Crippen molar-refractivity contribution in [1.82, 2.24) is 16.0 Å². The van der Waals surface area contributed by atoms with Crippen molar-refractivity contribution in [2.24, 2.45) is 11.7 Å². The van der Waals surface area contributed by atoms with Crippen LogP contribution in [0.15, 0.2) is 24.3 Å². The van der Waals surface area contributed by atoms with Crippen LogP contribution in [0.3, 0.4) is 0 Å². The van der Waals surface area contributed by atoms with Gasteiger partial charge in [-0.1, -0.05) is 26.0 Å². The zero-order valence-corrected chi connectivity index (χ0v) is 18.7. The summed E-state index contributed by atoms with van der Waals surface area (Å²) in [5.41, 5.74) is 6.48. The van der Waals surface area contributed by atoms with Gasteiger partial charge in [0.25, 0.3) is 0 Å². The van der Waals surface area contributed by atoms with Crippen LogP contribution in [0.25, 0.3) is 0 Å². The summed E-state index contributed by atoms with van der Waals surface area (Å²) >= 11 is 0. The standard InChI is InChI=1S/C21H30N4O9/c1-10(2)17(20(32)24-15(9-26)21(33)34)25-19(31)14(8-16(28)29)23-18(30)13(22)7-11-3-5-12(27)6-4-11/h3-6,10,13-15,17,26-27H,7-9,22H2,1-2H3,(H,23,30)(H,24,32)(H,25,31)(H,28,29)(H,33,34). The molecular formula is C21H30N4O9. The maximum Gasteiger partial charge on any atom is 0.328 e. The molecular weight excluding hydrogens is 452 g/mol. The fourth-order valence-corrected chi connectivity index (χ4v) is 2.88. The molecule has 0 aliphatic heterocycles. The number of aromatic hydroxyl groups is 1. The molecule has 1 aromatic carbocycles. The fraction of sp³-hybridized carbons (Fsp3) is 0.476. The quantitative estimate of drug-likeness (QED) is 0.153. The Morgan fingerprint density at radius 2 is 1.44 bits per heavy atom. The van der Waals surface area contributed by atoms with Crippen LogP contribution in [0.1, 0.15) is 25.8 Å². The second-order valence-corrected chi connectivity index (χ2v) is 7.95. The number of carbonyl (C=O) groups is 5. The first kappa shape index (κ1) is 28.3. The van der Waals surface area contributed by atoms with Crippen molar-refractivity contribution in [3.63, 3.8) is 0 Å². The lowest BCUT2D eigenvalue weighted by atomic mass is 10.0. The number of aliphatic hydroxyl groups is 1. The number of rotatable bonds is 13. The van der Waals surface area contributed by atoms with Crippen LogP contribution in [0.2, 0.25) is 0 Å². The third-order valence-electron chi connectivity index (χ3n) is 4.78. The number of aliphatic hydroxyl groups excluding tert-OH is 1. The number of hydrogen-bond donors (Lipinski definition) is 8. The molecule has 1 rings (SSSR count). The van der Waals surface area contributed by atoms with Crippen molar-refractivity contribution in [3.05, 3.63) is 29.8 Å². The Labute approximate surface area is 195 Å². The van der Waals surface area contributed by atoms with E-state index in [0.717, 1.165) is 0 Å². The van der Waals surface area contributed by atoms with Crippen LogP contribution >= 0.6 is 0 Å². The SMILES string of the molecule is CC(C)C(NC(=O)C(CC(=O)O)NC(=O)C(N)Cc1ccc(O)cc1)C(=O)NC(CO)C(=O)O. The van der Waals surface area contributed by atoms with E-state index in [0.29, 0.717) is 5.56 Å². The molecule has 188 valence electrons. The molecule has 0 saturated carbocycles. The van der Waals surface area contributed by atoms with Gasteiger partial charge in [-0.25, -0.2) is 4.79 Å². The summed E-state index contributed by atoms with van der Waals surface area (Å²) in [6.07, 6.45) is -0.757. The third kappa shape index (κ3) is 9.03. The Bertz CT molecular complexity index is 889. The van der Waals surface area contributed by atoms with E-state index in [4.69, 9.17) is 21.1 Å². The maximum atomic E-state index is 12.7. The fourth-order valence-electron chi connectivity index (χ4n) is 2.88. The number of benzene rings is 1. The summed E-state index contributed by atoms with van der Waals surface area (Å²) in [6, 6.07) is 0.320. The number of carbonyl (C=O) groups excluding carboxylic acids is 3. The number of amides is 3. The van der Waals surface area contributed by atoms with Gasteiger partial charge < -0.3 is 42.1 Å². The van der Waals surface area contributed by atoms with E-state index < -0.39 is 72.8 Å². The molecule has 0 bridgehead atoms. The number of hydrogen-bond acceptors (Lipinski definition) is 8. The number of nitrogens with one attached hydrogen (secondary N) is 3. The molecule has 13 heteroatoms. The van der Waals surface area contributed by atoms with Gasteiger partial charge >= 0.3 is 11.9 Å². The molecule has 13 nitrogen and oxygen atoms in total. The normalized spacial score (nSPS) is 14.4. The van der Waals surface area contributed by atoms with Crippen LogP contribution in [-0.4, -0.2) is 80.9 Å². The molecule has 0 aliphatic carbocycles. The van der Waals surface area contributed by atoms with E-state index >= 15 is 0 Å². The molecule has 3 amide bonds. The van der Waals surface area contributed by atoms with Crippen molar-refractivity contribution in [2.75, 3.05) is 6.61 Å². The monoisotopic (exact) mass is 482 g/mol. The summed E-state index contributed by atoms with van der Waals surface area (Å²) < 4.78 is 0. The number of aliphatic carboxylic acids is 2. The molecule has 34 heavy (non-hydrogen) atoms. The minimum atomic E-state index is -1.60. The Balaban J connectivity index is 2.91. The number of phenols is 1. The zero-order chi connectivity index (χ0) is 26.0. The maximum absolute atomic E-state index is 12.7. The predicted molar refractivity (Wildman–Crippen MR) is 117 cm³/mol. The van der Waals surface area contributed by atoms with Gasteiger partial charge in [0, 0.05) is 0 Å². The highest BCUT2D eigenvalue weighted by molar-refractivity contribution is 5.95. The summed E-state index contributed by atoms with van der Waals surface area (Å²) in [4.78, 5) is 60.0. The minimum absolute atomic E-state index is 0.0253. The number of nitrogens with two attached hydrogens (primary N) is 1. The van der Waals surface area contributed by atoms with Crippen LogP contribution in [0.5, 0.6) is 5.75 Å². The molecule has 0 saturated heterocycles. The lowest BCUT2D eigenvalue weighted by molar-refractivity contribution is -0.144. The number of phenolic OH excluding ortho intramolecular Hbond substituents is 1. The topological polar surface area (TPSA) is 228 Å². The van der Waals surface area contributed by atoms with Crippen LogP contribution in [-0.2, 0) is 30.4 Å². The van der Waals surface area contributed by atoms with Gasteiger partial charge in [-0.15, -0.1) is 0 Å². The molecule has 0 radical (unpaired) electrons. The Kier molecular flexibility index (Phi) is 10.9. The van der Waals surface area contributed by atoms with Crippen LogP contribution in [0.4, 0.5) is 0 Å². The van der Waals surface area contributed by atoms with E-state index in [1.807, 2.05) is 0 Å². The Morgan fingerprint density at radius 3 is 1.91 bits per heavy atom. The van der Waals surface area contributed by atoms with Gasteiger partial charge in [0.2, 0.25) is 17.7 Å². The molecule has 0 heterocycles. The lowest BCUT2D eigenvalue weighted by Crippen LogP contribution is -2.59. The second-order valence-electron chi connectivity index (χ2n) is 7.95. The van der Waals surface area contributed by atoms with Crippen molar-refractivity contribution in [1.29, 1.82) is 0 Å². The number of carboxylic acid groups (broad SMARTS) is 2. The highest BCUT2D eigenvalue weighted by atomic mass is 16.4. The van der Waals surface area contributed by atoms with E-state index in [1.54, 1.807) is 26.0 Å². The van der Waals surface area contributed by atoms with Gasteiger partial charge in [-0.2, -0.15) is 0 Å². The van der Waals surface area contributed by atoms with Crippen LogP contribution < -0.4 is 21.7 Å². The van der Waals surface area contributed by atoms with Crippen molar-refractivity contribution >= 4 is 29.7 Å². The first-order valence-electron chi connectivity index (χ1n) is 10.4. The van der Waals surface area contributed by atoms with E-state index in [2.05, 4.69) is 16.0 Å². The lowest BCUT2D eigenvalue weighted by Gasteiger charge is -2.26. The van der Waals surface area contributed by atoms with E-state index in [1.165, 1.54) is 12.1 Å². The average molecular weight is 482 g/mol. The molecule has 4 atom stereocenters. The molecule has 4 unspecified atom stereocenters. The summed E-state index contributed by atoms with van der Waals surface area (Å²) in [5.74, 6) is -6.11. The Hall–Kier alpha value is -3.71. The van der Waals surface area contributed by atoms with Gasteiger partial charge in [0.15, 0.2) is 0 Å². The first-order valence-corrected chi connectivity index (χ1v) is 10.4. The average Bonchev–Trinajstić information content (AvgIpc) is 2.75. The van der Waals surface area contributed by atoms with Crippen molar-refractivity contribution in [2.45, 2.75) is 50.9 Å². The number of carboxylic acids is 2. The molecule has 9 N–H and O–H groups in total. The molecule has 0 aliphatic rings. The molecule has 0 spiro atoms. The second kappa shape index (κ2) is 13.1. The van der Waals surface area contributed by atoms with Gasteiger partial charge in [0.05, 0.1) is 19.1 Å². The highest BCUT2D eigenvalue weighted by Crippen LogP contribution is 2.11. The summed E-state index contributed by atoms with van der Waals surface area (Å²) in [7, 11) is 0. The van der Waals surface area contributed by atoms with E-state index in [9.17, 15) is 29.1 Å². The van der Waals surface area contributed by atoms with Crippen molar-refractivity contribution < 1.29 is 44.4 Å². The highest BCUT2D eigenvalue weighted by Gasteiger charge is 2.32. The minimum Gasteiger partial charge on any atom is -0.508 e. The summed E-state index contributed by atoms with van der Waals surface area (Å²) in [5, 5.41) is 43.2. The van der Waals surface area contributed by atoms with Gasteiger partial charge in [0.1, 0.15) is 23.9 Å². The molecule has 0 aromatic heterocycles. The molecule has 1 aromatic rings. The summed E-state index contributed by atoms with van der Waals surface area (Å²) in [6.45, 7) is 2.23. The predicted octanol–water partition coefficient (Wildman–Crippen LogP) is -2.08. The van der Waals surface area contributed by atoms with Crippen LogP contribution in [0, 0.1) is 5.92 Å². The van der Waals surface area contributed by atoms with Gasteiger partial charge in [-0.05, 0) is 30.0 Å². The van der Waals surface area contributed by atoms with E-state index in [-0.39, 0.29) is 12.2 Å². The van der Waals surface area contributed by atoms with Gasteiger partial charge in [-0.3, -0.25) is 19.2 Å². The largest absolute Gasteiger partial charge is 0.508 e. The third-order valence-corrected chi connectivity index (χ3v) is 4.78. The van der Waals surface area contributed by atoms with Crippen molar-refractivity contribution in [3.8, 4) is 5.75 Å².